The van der Waals surface area contributed by atoms with Crippen LogP contribution in [0.5, 0.6) is 0 Å². The molecular formula is C16H19ClFNO. The van der Waals surface area contributed by atoms with Crippen LogP contribution in [0.3, 0.4) is 0 Å². The molecule has 0 aliphatic rings. The van der Waals surface area contributed by atoms with Crippen molar-refractivity contribution in [2.45, 2.75) is 32.7 Å². The van der Waals surface area contributed by atoms with Crippen LogP contribution in [0, 0.1) is 12.7 Å². The van der Waals surface area contributed by atoms with Gasteiger partial charge in [0.15, 0.2) is 0 Å². The van der Waals surface area contributed by atoms with Gasteiger partial charge in [-0.2, -0.15) is 0 Å². The van der Waals surface area contributed by atoms with Gasteiger partial charge in [-0.3, -0.25) is 0 Å². The van der Waals surface area contributed by atoms with Gasteiger partial charge in [-0.05, 0) is 50.1 Å². The third kappa shape index (κ3) is 3.62. The van der Waals surface area contributed by atoms with Crippen molar-refractivity contribution in [2.24, 2.45) is 0 Å². The molecular weight excluding hydrogens is 277 g/mol. The molecule has 2 rings (SSSR count). The van der Waals surface area contributed by atoms with Crippen LogP contribution in [-0.2, 0) is 6.42 Å². The minimum absolute atomic E-state index is 0.120. The average Bonchev–Trinajstić information content (AvgIpc) is 2.85. The average molecular weight is 296 g/mol. The number of furan rings is 1. The van der Waals surface area contributed by atoms with E-state index < -0.39 is 0 Å². The number of nitrogens with one attached hydrogen (secondary N) is 1. The fourth-order valence-electron chi connectivity index (χ4n) is 2.27. The summed E-state index contributed by atoms with van der Waals surface area (Å²) in [5.74, 6) is 0.523. The minimum Gasteiger partial charge on any atom is -0.469 e. The summed E-state index contributed by atoms with van der Waals surface area (Å²) >= 11 is 5.72. The molecule has 2 nitrogen and oxygen atoms in total. The van der Waals surface area contributed by atoms with Gasteiger partial charge in [-0.1, -0.05) is 24.6 Å². The van der Waals surface area contributed by atoms with Gasteiger partial charge in [-0.25, -0.2) is 4.39 Å². The van der Waals surface area contributed by atoms with Crippen LogP contribution in [-0.4, -0.2) is 6.54 Å². The van der Waals surface area contributed by atoms with E-state index >= 15 is 0 Å². The fourth-order valence-corrected chi connectivity index (χ4v) is 2.39. The van der Waals surface area contributed by atoms with Crippen molar-refractivity contribution in [3.63, 3.8) is 0 Å². The molecule has 108 valence electrons. The first-order valence-corrected chi connectivity index (χ1v) is 7.21. The summed E-state index contributed by atoms with van der Waals surface area (Å²) in [7, 11) is 0. The first-order valence-electron chi connectivity index (χ1n) is 6.83. The summed E-state index contributed by atoms with van der Waals surface area (Å²) in [4.78, 5) is 0. The highest BCUT2D eigenvalue weighted by Gasteiger charge is 2.16. The second kappa shape index (κ2) is 6.91. The van der Waals surface area contributed by atoms with Gasteiger partial charge >= 0.3 is 0 Å². The number of rotatable bonds is 6. The molecule has 1 aromatic heterocycles. The quantitative estimate of drug-likeness (QED) is 0.838. The Morgan fingerprint density at radius 2 is 2.15 bits per heavy atom. The Morgan fingerprint density at radius 1 is 1.35 bits per heavy atom. The number of benzene rings is 1. The smallest absolute Gasteiger partial charge is 0.142 e. The van der Waals surface area contributed by atoms with Crippen molar-refractivity contribution in [2.75, 3.05) is 6.54 Å². The molecule has 4 heteroatoms. The van der Waals surface area contributed by atoms with E-state index in [4.69, 9.17) is 16.0 Å². The topological polar surface area (TPSA) is 25.2 Å². The number of halogens is 2. The van der Waals surface area contributed by atoms with Crippen LogP contribution in [0.25, 0.3) is 0 Å². The normalized spacial score (nSPS) is 12.6. The second-order valence-corrected chi connectivity index (χ2v) is 5.30. The maximum absolute atomic E-state index is 13.5. The van der Waals surface area contributed by atoms with Gasteiger partial charge in [0, 0.05) is 11.6 Å². The predicted octanol–water partition coefficient (Wildman–Crippen LogP) is 4.66. The molecule has 0 amide bonds. The molecule has 0 fully saturated rings. The third-order valence-corrected chi connectivity index (χ3v) is 3.65. The zero-order valence-corrected chi connectivity index (χ0v) is 12.5. The Hall–Kier alpha value is -1.32. The second-order valence-electron chi connectivity index (χ2n) is 4.89. The highest BCUT2D eigenvalue weighted by molar-refractivity contribution is 6.30. The zero-order valence-electron chi connectivity index (χ0n) is 11.7. The van der Waals surface area contributed by atoms with Crippen LogP contribution in [0.15, 0.2) is 34.9 Å². The van der Waals surface area contributed by atoms with E-state index in [1.807, 2.05) is 19.1 Å². The Morgan fingerprint density at radius 3 is 2.75 bits per heavy atom. The third-order valence-electron chi connectivity index (χ3n) is 3.34. The van der Waals surface area contributed by atoms with Crippen molar-refractivity contribution in [3.8, 4) is 0 Å². The molecule has 2 aromatic rings. The van der Waals surface area contributed by atoms with Crippen LogP contribution in [0.4, 0.5) is 4.39 Å². The Bertz CT molecular complexity index is 567. The summed E-state index contributed by atoms with van der Waals surface area (Å²) in [6, 6.07) is 7.05. The number of aryl methyl sites for hydroxylation is 1. The van der Waals surface area contributed by atoms with Crippen LogP contribution >= 0.6 is 11.6 Å². The lowest BCUT2D eigenvalue weighted by atomic mass is 9.99. The standard InChI is InChI=1S/C16H19ClFNO/c1-3-7-19-16(13-6-8-20-11(13)2)10-12-4-5-14(17)15(18)9-12/h4-6,8-9,16,19H,3,7,10H2,1-2H3. The molecule has 0 saturated heterocycles. The molecule has 1 unspecified atom stereocenters. The minimum atomic E-state index is -0.373. The van der Waals surface area contributed by atoms with E-state index in [1.165, 1.54) is 6.07 Å². The lowest BCUT2D eigenvalue weighted by Crippen LogP contribution is -2.24. The van der Waals surface area contributed by atoms with Crippen molar-refractivity contribution in [1.29, 1.82) is 0 Å². The molecule has 0 radical (unpaired) electrons. The molecule has 1 N–H and O–H groups in total. The SMILES string of the molecule is CCCNC(Cc1ccc(Cl)c(F)c1)c1ccoc1C. The molecule has 1 heterocycles. The van der Waals surface area contributed by atoms with Gasteiger partial charge in [0.2, 0.25) is 0 Å². The maximum Gasteiger partial charge on any atom is 0.142 e. The Kier molecular flexibility index (Phi) is 5.21. The number of hydrogen-bond acceptors (Lipinski definition) is 2. The molecule has 0 spiro atoms. The van der Waals surface area contributed by atoms with E-state index in [-0.39, 0.29) is 16.9 Å². The van der Waals surface area contributed by atoms with Crippen molar-refractivity contribution in [3.05, 3.63) is 58.3 Å². The monoisotopic (exact) mass is 295 g/mol. The number of hydrogen-bond donors (Lipinski definition) is 1. The molecule has 1 aromatic carbocycles. The van der Waals surface area contributed by atoms with Gasteiger partial charge < -0.3 is 9.73 Å². The van der Waals surface area contributed by atoms with E-state index in [9.17, 15) is 4.39 Å². The summed E-state index contributed by atoms with van der Waals surface area (Å²) in [6.45, 7) is 4.97. The van der Waals surface area contributed by atoms with Crippen molar-refractivity contribution in [1.82, 2.24) is 5.32 Å². The van der Waals surface area contributed by atoms with Crippen LogP contribution < -0.4 is 5.32 Å². The van der Waals surface area contributed by atoms with Gasteiger partial charge in [0.05, 0.1) is 11.3 Å². The van der Waals surface area contributed by atoms with E-state index in [0.29, 0.717) is 6.42 Å². The summed E-state index contributed by atoms with van der Waals surface area (Å²) < 4.78 is 18.9. The van der Waals surface area contributed by atoms with Crippen molar-refractivity contribution >= 4 is 11.6 Å². The van der Waals surface area contributed by atoms with Crippen LogP contribution in [0.2, 0.25) is 5.02 Å². The van der Waals surface area contributed by atoms with E-state index in [2.05, 4.69) is 12.2 Å². The highest BCUT2D eigenvalue weighted by atomic mass is 35.5. The Balaban J connectivity index is 2.19. The molecule has 0 bridgehead atoms. The highest BCUT2D eigenvalue weighted by Crippen LogP contribution is 2.24. The van der Waals surface area contributed by atoms with Gasteiger partial charge in [0.25, 0.3) is 0 Å². The summed E-state index contributed by atoms with van der Waals surface area (Å²) in [6.07, 6.45) is 3.44. The lowest BCUT2D eigenvalue weighted by Gasteiger charge is -2.18. The lowest BCUT2D eigenvalue weighted by molar-refractivity contribution is 0.493. The molecule has 20 heavy (non-hydrogen) atoms. The molecule has 0 aliphatic carbocycles. The summed E-state index contributed by atoms with van der Waals surface area (Å²) in [5, 5.41) is 3.64. The van der Waals surface area contributed by atoms with Gasteiger partial charge in [0.1, 0.15) is 11.6 Å². The fraction of sp³-hybridized carbons (Fsp3) is 0.375. The molecule has 0 aliphatic heterocycles. The van der Waals surface area contributed by atoms with E-state index in [1.54, 1.807) is 12.3 Å². The maximum atomic E-state index is 13.5. The van der Waals surface area contributed by atoms with Crippen molar-refractivity contribution < 1.29 is 8.81 Å². The predicted molar refractivity (Wildman–Crippen MR) is 79.6 cm³/mol. The Labute approximate surface area is 123 Å². The first-order chi connectivity index (χ1) is 9.61. The molecule has 0 saturated carbocycles. The summed E-state index contributed by atoms with van der Waals surface area (Å²) in [5.41, 5.74) is 2.04. The first kappa shape index (κ1) is 15.1. The largest absolute Gasteiger partial charge is 0.469 e. The van der Waals surface area contributed by atoms with Gasteiger partial charge in [-0.15, -0.1) is 0 Å². The van der Waals surface area contributed by atoms with E-state index in [0.717, 1.165) is 29.9 Å². The van der Waals surface area contributed by atoms with Crippen LogP contribution in [0.1, 0.15) is 36.3 Å². The molecule has 1 atom stereocenters. The zero-order chi connectivity index (χ0) is 14.5.